The maximum absolute atomic E-state index is 13.2. The smallest absolute Gasteiger partial charge is 0.238 e. The first-order valence-corrected chi connectivity index (χ1v) is 10.8. The average Bonchev–Trinajstić information content (AvgIpc) is 3.20. The van der Waals surface area contributed by atoms with Crippen molar-refractivity contribution in [2.45, 2.75) is 5.92 Å². The van der Waals surface area contributed by atoms with E-state index in [1.165, 1.54) is 11.3 Å². The van der Waals surface area contributed by atoms with Gasteiger partial charge in [0, 0.05) is 22.4 Å². The van der Waals surface area contributed by atoms with Crippen LogP contribution < -0.4 is 5.32 Å². The number of pyridine rings is 1. The van der Waals surface area contributed by atoms with Crippen LogP contribution in [0.3, 0.4) is 0 Å². The molecule has 4 nitrogen and oxygen atoms in total. The Morgan fingerprint density at radius 1 is 0.966 bits per heavy atom. The van der Waals surface area contributed by atoms with E-state index in [1.54, 1.807) is 12.4 Å². The van der Waals surface area contributed by atoms with E-state index < -0.39 is 5.92 Å². The highest BCUT2D eigenvalue weighted by molar-refractivity contribution is 9.10. The molecular formula is C22H15BrClN3OS. The third-order valence-corrected chi connectivity index (χ3v) is 6.02. The van der Waals surface area contributed by atoms with Crippen LogP contribution in [0.1, 0.15) is 17.0 Å². The van der Waals surface area contributed by atoms with Gasteiger partial charge in [-0.05, 0) is 33.1 Å². The van der Waals surface area contributed by atoms with E-state index in [4.69, 9.17) is 11.6 Å². The Morgan fingerprint density at radius 2 is 1.59 bits per heavy atom. The monoisotopic (exact) mass is 483 g/mol. The molecule has 29 heavy (non-hydrogen) atoms. The van der Waals surface area contributed by atoms with E-state index in [1.807, 2.05) is 66.7 Å². The van der Waals surface area contributed by atoms with Gasteiger partial charge in [-0.15, -0.1) is 0 Å². The first kappa shape index (κ1) is 19.8. The highest BCUT2D eigenvalue weighted by Gasteiger charge is 2.23. The zero-order valence-electron chi connectivity index (χ0n) is 15.0. The van der Waals surface area contributed by atoms with Crippen LogP contribution in [0.5, 0.6) is 0 Å². The van der Waals surface area contributed by atoms with Crippen molar-refractivity contribution in [1.29, 1.82) is 0 Å². The topological polar surface area (TPSA) is 54.9 Å². The van der Waals surface area contributed by atoms with Crippen molar-refractivity contribution in [1.82, 2.24) is 9.97 Å². The lowest BCUT2D eigenvalue weighted by Gasteiger charge is -2.17. The maximum Gasteiger partial charge on any atom is 0.238 e. The molecule has 0 atom stereocenters. The molecular weight excluding hydrogens is 470 g/mol. The molecule has 0 aliphatic carbocycles. The number of benzene rings is 2. The summed E-state index contributed by atoms with van der Waals surface area (Å²) in [5.74, 6) is -0.567. The van der Waals surface area contributed by atoms with Gasteiger partial charge in [-0.3, -0.25) is 4.79 Å². The standard InChI is InChI=1S/C22H15BrClN3OS/c23-16-11-17(20(24)25-12-16)18-13-26-22(29-18)27-21(28)19(14-7-3-1-4-8-14)15-9-5-2-6-10-15/h1-13,19H,(H,26,27,28). The van der Waals surface area contributed by atoms with Crippen LogP contribution >= 0.6 is 38.9 Å². The van der Waals surface area contributed by atoms with E-state index >= 15 is 0 Å². The van der Waals surface area contributed by atoms with Gasteiger partial charge in [-0.25, -0.2) is 9.97 Å². The van der Waals surface area contributed by atoms with Crippen molar-refractivity contribution < 1.29 is 4.79 Å². The Labute approximate surface area is 185 Å². The van der Waals surface area contributed by atoms with Gasteiger partial charge >= 0.3 is 0 Å². The van der Waals surface area contributed by atoms with E-state index in [0.29, 0.717) is 10.3 Å². The number of carbonyl (C=O) groups is 1. The molecule has 2 heterocycles. The number of amides is 1. The Kier molecular flexibility index (Phi) is 6.04. The number of halogens is 2. The minimum Gasteiger partial charge on any atom is -0.301 e. The number of nitrogens with one attached hydrogen (secondary N) is 1. The summed E-state index contributed by atoms with van der Waals surface area (Å²) in [7, 11) is 0. The zero-order chi connectivity index (χ0) is 20.2. The number of nitrogens with zero attached hydrogens (tertiary/aromatic N) is 2. The molecule has 1 amide bonds. The quantitative estimate of drug-likeness (QED) is 0.334. The van der Waals surface area contributed by atoms with E-state index in [0.717, 1.165) is 26.0 Å². The molecule has 4 rings (SSSR count). The molecule has 7 heteroatoms. The minimum absolute atomic E-state index is 0.137. The Bertz CT molecular complexity index is 1100. The predicted octanol–water partition coefficient (Wildman–Crippen LogP) is 6.39. The summed E-state index contributed by atoms with van der Waals surface area (Å²) in [4.78, 5) is 22.5. The second-order valence-corrected chi connectivity index (χ2v) is 8.57. The van der Waals surface area contributed by atoms with Crippen LogP contribution in [0.25, 0.3) is 10.4 Å². The molecule has 1 N–H and O–H groups in total. The molecule has 0 fully saturated rings. The van der Waals surface area contributed by atoms with Gasteiger partial charge in [-0.2, -0.15) is 0 Å². The second kappa shape index (κ2) is 8.86. The third kappa shape index (κ3) is 4.56. The second-order valence-electron chi connectivity index (χ2n) is 6.27. The van der Waals surface area contributed by atoms with Crippen molar-refractivity contribution in [3.63, 3.8) is 0 Å². The third-order valence-electron chi connectivity index (χ3n) is 4.33. The number of carbonyl (C=O) groups excluding carboxylic acids is 1. The number of aromatic nitrogens is 2. The molecule has 4 aromatic rings. The number of thiazole rings is 1. The summed E-state index contributed by atoms with van der Waals surface area (Å²) in [6, 6.07) is 21.3. The highest BCUT2D eigenvalue weighted by Crippen LogP contribution is 2.35. The van der Waals surface area contributed by atoms with E-state index in [9.17, 15) is 4.79 Å². The van der Waals surface area contributed by atoms with Crippen molar-refractivity contribution in [2.75, 3.05) is 5.32 Å². The molecule has 2 aromatic carbocycles. The average molecular weight is 485 g/mol. The van der Waals surface area contributed by atoms with Crippen LogP contribution in [0.4, 0.5) is 5.13 Å². The fraction of sp³-hybridized carbons (Fsp3) is 0.0455. The zero-order valence-corrected chi connectivity index (χ0v) is 18.2. The lowest BCUT2D eigenvalue weighted by Crippen LogP contribution is -2.22. The molecule has 0 saturated carbocycles. The van der Waals surface area contributed by atoms with Crippen LogP contribution in [-0.4, -0.2) is 15.9 Å². The first-order chi connectivity index (χ1) is 14.1. The number of hydrogen-bond donors (Lipinski definition) is 1. The fourth-order valence-electron chi connectivity index (χ4n) is 3.02. The van der Waals surface area contributed by atoms with Gasteiger partial charge < -0.3 is 5.32 Å². The maximum atomic E-state index is 13.2. The minimum atomic E-state index is -0.430. The summed E-state index contributed by atoms with van der Waals surface area (Å²) in [6.07, 6.45) is 3.33. The van der Waals surface area contributed by atoms with E-state index in [2.05, 4.69) is 31.2 Å². The Hall–Kier alpha value is -2.54. The number of anilines is 1. The van der Waals surface area contributed by atoms with Crippen molar-refractivity contribution in [3.8, 4) is 10.4 Å². The molecule has 0 spiro atoms. The highest BCUT2D eigenvalue weighted by atomic mass is 79.9. The van der Waals surface area contributed by atoms with Gasteiger partial charge in [0.1, 0.15) is 5.15 Å². The summed E-state index contributed by atoms with van der Waals surface area (Å²) in [6.45, 7) is 0. The van der Waals surface area contributed by atoms with Crippen molar-refractivity contribution >= 4 is 49.9 Å². The first-order valence-electron chi connectivity index (χ1n) is 8.80. The largest absolute Gasteiger partial charge is 0.301 e. The van der Waals surface area contributed by atoms with Crippen molar-refractivity contribution in [3.05, 3.63) is 99.9 Å². The summed E-state index contributed by atoms with van der Waals surface area (Å²) in [5.41, 5.74) is 2.61. The van der Waals surface area contributed by atoms with E-state index in [-0.39, 0.29) is 5.91 Å². The van der Waals surface area contributed by atoms with Gasteiger partial charge in [0.05, 0.1) is 10.8 Å². The predicted molar refractivity (Wildman–Crippen MR) is 121 cm³/mol. The lowest BCUT2D eigenvalue weighted by atomic mass is 9.90. The molecule has 0 aliphatic rings. The lowest BCUT2D eigenvalue weighted by molar-refractivity contribution is -0.116. The number of rotatable bonds is 5. The van der Waals surface area contributed by atoms with Gasteiger partial charge in [0.2, 0.25) is 5.91 Å². The van der Waals surface area contributed by atoms with Crippen molar-refractivity contribution in [2.24, 2.45) is 0 Å². The van der Waals surface area contributed by atoms with Gasteiger partial charge in [0.15, 0.2) is 5.13 Å². The molecule has 0 radical (unpaired) electrons. The molecule has 144 valence electrons. The SMILES string of the molecule is O=C(Nc1ncc(-c2cc(Br)cnc2Cl)s1)C(c1ccccc1)c1ccccc1. The summed E-state index contributed by atoms with van der Waals surface area (Å²) < 4.78 is 0.823. The van der Waals surface area contributed by atoms with Crippen LogP contribution in [0.2, 0.25) is 5.15 Å². The molecule has 0 aliphatic heterocycles. The van der Waals surface area contributed by atoms with Gasteiger partial charge in [-0.1, -0.05) is 83.6 Å². The van der Waals surface area contributed by atoms with Crippen LogP contribution in [-0.2, 0) is 4.79 Å². The Balaban J connectivity index is 1.62. The molecule has 0 saturated heterocycles. The normalized spacial score (nSPS) is 10.9. The molecule has 0 unspecified atom stereocenters. The molecule has 0 bridgehead atoms. The summed E-state index contributed by atoms with van der Waals surface area (Å²) in [5, 5.41) is 3.86. The van der Waals surface area contributed by atoms with Crippen LogP contribution in [0.15, 0.2) is 83.6 Å². The Morgan fingerprint density at radius 3 is 2.21 bits per heavy atom. The molecule has 2 aromatic heterocycles. The fourth-order valence-corrected chi connectivity index (χ4v) is 4.44. The van der Waals surface area contributed by atoms with Crippen LogP contribution in [0, 0.1) is 0 Å². The van der Waals surface area contributed by atoms with Gasteiger partial charge in [0.25, 0.3) is 0 Å². The summed E-state index contributed by atoms with van der Waals surface area (Å²) >= 11 is 11.0. The number of hydrogen-bond acceptors (Lipinski definition) is 4.